The molecular formula is C21H22F2N2O4. The smallest absolute Gasteiger partial charge is 0.360 e. The molecule has 154 valence electrons. The van der Waals surface area contributed by atoms with Gasteiger partial charge in [-0.05, 0) is 48.1 Å². The molecule has 0 saturated carbocycles. The van der Waals surface area contributed by atoms with Gasteiger partial charge in [-0.2, -0.15) is 5.48 Å². The van der Waals surface area contributed by atoms with Crippen molar-refractivity contribution < 1.29 is 28.0 Å². The van der Waals surface area contributed by atoms with Gasteiger partial charge < -0.3 is 9.57 Å². The first-order chi connectivity index (χ1) is 14.0. The molecule has 3 rings (SSSR count). The van der Waals surface area contributed by atoms with Gasteiger partial charge in [-0.25, -0.2) is 13.6 Å². The van der Waals surface area contributed by atoms with Crippen LogP contribution >= 0.6 is 0 Å². The lowest BCUT2D eigenvalue weighted by Gasteiger charge is -2.17. The molecule has 29 heavy (non-hydrogen) atoms. The first kappa shape index (κ1) is 20.9. The molecule has 0 saturated heterocycles. The number of rotatable bonds is 7. The van der Waals surface area contributed by atoms with Crippen molar-refractivity contribution in [2.24, 2.45) is 5.16 Å². The van der Waals surface area contributed by atoms with E-state index in [9.17, 15) is 13.6 Å². The summed E-state index contributed by atoms with van der Waals surface area (Å²) in [6.07, 6.45) is 1.10. The van der Waals surface area contributed by atoms with Crippen LogP contribution in [0.15, 0.2) is 35.5 Å². The number of aryl methyl sites for hydroxylation is 1. The minimum atomic E-state index is -0.637. The van der Waals surface area contributed by atoms with Crippen molar-refractivity contribution in [2.45, 2.75) is 32.4 Å². The molecule has 0 radical (unpaired) electrons. The summed E-state index contributed by atoms with van der Waals surface area (Å²) < 4.78 is 32.3. The summed E-state index contributed by atoms with van der Waals surface area (Å²) in [5, 5.41) is 3.78. The molecular weight excluding hydrogens is 382 g/mol. The quantitative estimate of drug-likeness (QED) is 0.435. The maximum absolute atomic E-state index is 13.9. The molecule has 2 aromatic carbocycles. The lowest BCUT2D eigenvalue weighted by Crippen LogP contribution is -2.23. The van der Waals surface area contributed by atoms with Crippen LogP contribution in [-0.4, -0.2) is 25.9 Å². The Balaban J connectivity index is 1.78. The normalized spacial score (nSPS) is 15.9. The second kappa shape index (κ2) is 9.11. The molecule has 0 aliphatic heterocycles. The Bertz CT molecular complexity index is 947. The highest BCUT2D eigenvalue weighted by Gasteiger charge is 2.27. The number of methoxy groups -OCH3 is 1. The summed E-state index contributed by atoms with van der Waals surface area (Å²) in [6.45, 7) is 1.98. The van der Waals surface area contributed by atoms with Crippen molar-refractivity contribution in [3.8, 4) is 0 Å². The van der Waals surface area contributed by atoms with Crippen LogP contribution in [0.25, 0.3) is 0 Å². The van der Waals surface area contributed by atoms with Crippen molar-refractivity contribution in [3.05, 3.63) is 69.8 Å². The number of fused-ring (bicyclic) bond motifs is 1. The molecule has 0 fully saturated rings. The van der Waals surface area contributed by atoms with Crippen LogP contribution in [0.5, 0.6) is 0 Å². The van der Waals surface area contributed by atoms with Crippen LogP contribution in [0, 0.1) is 18.6 Å². The van der Waals surface area contributed by atoms with Crippen molar-refractivity contribution in [1.29, 1.82) is 0 Å². The van der Waals surface area contributed by atoms with Crippen LogP contribution in [-0.2, 0) is 32.2 Å². The third kappa shape index (κ3) is 4.44. The molecule has 0 amide bonds. The number of carbonyl (C=O) groups is 1. The van der Waals surface area contributed by atoms with Gasteiger partial charge in [0.1, 0.15) is 18.7 Å². The van der Waals surface area contributed by atoms with Crippen LogP contribution in [0.4, 0.5) is 8.78 Å². The Kier molecular flexibility index (Phi) is 6.56. The molecule has 1 N–H and O–H groups in total. The maximum Gasteiger partial charge on any atom is 0.360 e. The Morgan fingerprint density at radius 1 is 1.28 bits per heavy atom. The minimum Gasteiger partial charge on any atom is -0.464 e. The standard InChI is InChI=1S/C21H22F2N2O4/c1-12-5-4-6-15(20(25-28-3)21(26)27-2)17(12)11-29-24-19-8-7-14-16(19)9-13(22)10-18(14)23/h4-6,9-10,19,24H,7-8,11H2,1-3H3/b25-20+. The van der Waals surface area contributed by atoms with E-state index >= 15 is 0 Å². The molecule has 0 aromatic heterocycles. The number of oxime groups is 1. The molecule has 1 atom stereocenters. The van der Waals surface area contributed by atoms with Gasteiger partial charge in [0.2, 0.25) is 0 Å². The maximum atomic E-state index is 13.9. The van der Waals surface area contributed by atoms with Gasteiger partial charge in [-0.3, -0.25) is 4.84 Å². The second-order valence-corrected chi connectivity index (χ2v) is 6.67. The van der Waals surface area contributed by atoms with Gasteiger partial charge in [0.15, 0.2) is 5.71 Å². The van der Waals surface area contributed by atoms with Gasteiger partial charge in [-0.1, -0.05) is 23.4 Å². The van der Waals surface area contributed by atoms with Crippen molar-refractivity contribution in [3.63, 3.8) is 0 Å². The number of hydrogen-bond acceptors (Lipinski definition) is 6. The molecule has 1 aliphatic carbocycles. The highest BCUT2D eigenvalue weighted by molar-refractivity contribution is 6.43. The van der Waals surface area contributed by atoms with Crippen LogP contribution in [0.2, 0.25) is 0 Å². The minimum absolute atomic E-state index is 0.0210. The average molecular weight is 404 g/mol. The fraction of sp³-hybridized carbons (Fsp3) is 0.333. The third-order valence-corrected chi connectivity index (χ3v) is 4.92. The average Bonchev–Trinajstić information content (AvgIpc) is 3.10. The predicted octanol–water partition coefficient (Wildman–Crippen LogP) is 3.51. The van der Waals surface area contributed by atoms with Crippen molar-refractivity contribution >= 4 is 11.7 Å². The summed E-state index contributed by atoms with van der Waals surface area (Å²) in [5.41, 5.74) is 6.08. The Morgan fingerprint density at radius 3 is 2.79 bits per heavy atom. The van der Waals surface area contributed by atoms with E-state index < -0.39 is 17.6 Å². The third-order valence-electron chi connectivity index (χ3n) is 4.92. The molecule has 8 heteroatoms. The number of nitrogens with one attached hydrogen (secondary N) is 1. The largest absolute Gasteiger partial charge is 0.464 e. The Hall–Kier alpha value is -2.84. The number of esters is 1. The summed E-state index contributed by atoms with van der Waals surface area (Å²) >= 11 is 0. The number of ether oxygens (including phenoxy) is 1. The number of hydrogen-bond donors (Lipinski definition) is 1. The van der Waals surface area contributed by atoms with E-state index in [1.165, 1.54) is 20.3 Å². The fourth-order valence-corrected chi connectivity index (χ4v) is 3.48. The summed E-state index contributed by atoms with van der Waals surface area (Å²) in [4.78, 5) is 22.5. The summed E-state index contributed by atoms with van der Waals surface area (Å²) in [5.74, 6) is -1.79. The number of benzene rings is 2. The van der Waals surface area contributed by atoms with Crippen molar-refractivity contribution in [2.75, 3.05) is 14.2 Å². The van der Waals surface area contributed by atoms with E-state index in [1.54, 1.807) is 12.1 Å². The number of halogens is 2. The zero-order chi connectivity index (χ0) is 21.0. The summed E-state index contributed by atoms with van der Waals surface area (Å²) in [6, 6.07) is 7.27. The molecule has 0 bridgehead atoms. The zero-order valence-corrected chi connectivity index (χ0v) is 16.4. The van der Waals surface area contributed by atoms with E-state index in [0.717, 1.165) is 11.6 Å². The Labute approximate surface area is 167 Å². The SMILES string of the molecule is CO/N=C(/C(=O)OC)c1cccc(C)c1CONC1CCc2c(F)cc(F)cc21. The van der Waals surface area contributed by atoms with E-state index in [2.05, 4.69) is 10.6 Å². The van der Waals surface area contributed by atoms with Crippen LogP contribution in [0.3, 0.4) is 0 Å². The highest BCUT2D eigenvalue weighted by atomic mass is 19.1. The second-order valence-electron chi connectivity index (χ2n) is 6.67. The molecule has 2 aromatic rings. The number of hydroxylamine groups is 1. The lowest BCUT2D eigenvalue weighted by atomic mass is 9.99. The van der Waals surface area contributed by atoms with E-state index in [4.69, 9.17) is 14.4 Å². The number of carbonyl (C=O) groups excluding carboxylic acids is 1. The van der Waals surface area contributed by atoms with Crippen LogP contribution in [0.1, 0.15) is 40.3 Å². The zero-order valence-electron chi connectivity index (χ0n) is 16.4. The van der Waals surface area contributed by atoms with Gasteiger partial charge in [0, 0.05) is 11.6 Å². The first-order valence-electron chi connectivity index (χ1n) is 9.09. The van der Waals surface area contributed by atoms with E-state index in [-0.39, 0.29) is 18.4 Å². The van der Waals surface area contributed by atoms with Gasteiger partial charge in [-0.15, -0.1) is 0 Å². The Morgan fingerprint density at radius 2 is 2.07 bits per heavy atom. The first-order valence-corrected chi connectivity index (χ1v) is 9.09. The lowest BCUT2D eigenvalue weighted by molar-refractivity contribution is -0.132. The topological polar surface area (TPSA) is 69.2 Å². The number of nitrogens with zero attached hydrogens (tertiary/aromatic N) is 1. The van der Waals surface area contributed by atoms with Crippen LogP contribution < -0.4 is 5.48 Å². The fourth-order valence-electron chi connectivity index (χ4n) is 3.48. The molecule has 0 heterocycles. The highest BCUT2D eigenvalue weighted by Crippen LogP contribution is 2.33. The summed E-state index contributed by atoms with van der Waals surface area (Å²) in [7, 11) is 2.60. The van der Waals surface area contributed by atoms with E-state index in [0.29, 0.717) is 35.1 Å². The van der Waals surface area contributed by atoms with E-state index in [1.807, 2.05) is 13.0 Å². The predicted molar refractivity (Wildman–Crippen MR) is 102 cm³/mol. The van der Waals surface area contributed by atoms with Gasteiger partial charge in [0.25, 0.3) is 0 Å². The monoisotopic (exact) mass is 404 g/mol. The van der Waals surface area contributed by atoms with Crippen molar-refractivity contribution in [1.82, 2.24) is 5.48 Å². The molecule has 0 spiro atoms. The molecule has 6 nitrogen and oxygen atoms in total. The van der Waals surface area contributed by atoms with Gasteiger partial charge >= 0.3 is 5.97 Å². The molecule has 1 unspecified atom stereocenters. The molecule has 1 aliphatic rings. The van der Waals surface area contributed by atoms with Gasteiger partial charge in [0.05, 0.1) is 19.8 Å².